The Bertz CT molecular complexity index is 299. The average molecular weight is 266 g/mol. The van der Waals surface area contributed by atoms with Gasteiger partial charge in [0.25, 0.3) is 0 Å². The Balaban J connectivity index is 1.56. The predicted octanol–water partition coefficient (Wildman–Crippen LogP) is 2.41. The minimum Gasteiger partial charge on any atom is -0.378 e. The molecular formula is C16H30N2O. The fourth-order valence-electron chi connectivity index (χ4n) is 3.86. The smallest absolute Gasteiger partial charge is 0.0588 e. The average Bonchev–Trinajstić information content (AvgIpc) is 3.14. The summed E-state index contributed by atoms with van der Waals surface area (Å²) in [6.45, 7) is 9.46. The van der Waals surface area contributed by atoms with Gasteiger partial charge in [-0.05, 0) is 64.8 Å². The van der Waals surface area contributed by atoms with Crippen LogP contribution >= 0.6 is 0 Å². The fraction of sp³-hybridized carbons (Fsp3) is 1.00. The predicted molar refractivity (Wildman–Crippen MR) is 78.4 cm³/mol. The van der Waals surface area contributed by atoms with Gasteiger partial charge in [-0.3, -0.25) is 4.90 Å². The van der Waals surface area contributed by atoms with Crippen LogP contribution in [0.4, 0.5) is 0 Å². The molecule has 0 radical (unpaired) electrons. The van der Waals surface area contributed by atoms with E-state index >= 15 is 0 Å². The highest BCUT2D eigenvalue weighted by Crippen LogP contribution is 2.41. The summed E-state index contributed by atoms with van der Waals surface area (Å²) in [5.41, 5.74) is 0.362. The van der Waals surface area contributed by atoms with Crippen molar-refractivity contribution in [3.05, 3.63) is 0 Å². The van der Waals surface area contributed by atoms with Gasteiger partial charge in [0.15, 0.2) is 0 Å². The molecule has 1 saturated carbocycles. The van der Waals surface area contributed by atoms with Crippen LogP contribution < -0.4 is 5.32 Å². The molecule has 3 aliphatic rings. The molecule has 3 heteroatoms. The van der Waals surface area contributed by atoms with Crippen LogP contribution in [0.3, 0.4) is 0 Å². The van der Waals surface area contributed by atoms with Crippen molar-refractivity contribution in [1.82, 2.24) is 10.2 Å². The summed E-state index contributed by atoms with van der Waals surface area (Å²) in [7, 11) is 0. The van der Waals surface area contributed by atoms with E-state index in [1.165, 1.54) is 58.2 Å². The van der Waals surface area contributed by atoms with E-state index in [-0.39, 0.29) is 0 Å². The molecular weight excluding hydrogens is 236 g/mol. The second kappa shape index (κ2) is 5.71. The maximum atomic E-state index is 5.78. The third-order valence-corrected chi connectivity index (χ3v) is 5.49. The van der Waals surface area contributed by atoms with Crippen molar-refractivity contribution < 1.29 is 4.74 Å². The van der Waals surface area contributed by atoms with E-state index in [2.05, 4.69) is 24.1 Å². The summed E-state index contributed by atoms with van der Waals surface area (Å²) in [4.78, 5) is 2.72. The second-order valence-corrected chi connectivity index (χ2v) is 7.15. The molecule has 0 aromatic heterocycles. The number of hydrogen-bond acceptors (Lipinski definition) is 3. The van der Waals surface area contributed by atoms with Gasteiger partial charge in [-0.2, -0.15) is 0 Å². The fourth-order valence-corrected chi connectivity index (χ4v) is 3.86. The van der Waals surface area contributed by atoms with E-state index < -0.39 is 0 Å². The molecule has 1 aliphatic carbocycles. The Morgan fingerprint density at radius 3 is 2.79 bits per heavy atom. The Labute approximate surface area is 118 Å². The zero-order chi connectivity index (χ0) is 13.3. The largest absolute Gasteiger partial charge is 0.378 e. The van der Waals surface area contributed by atoms with Gasteiger partial charge in [0.2, 0.25) is 0 Å². The van der Waals surface area contributed by atoms with Gasteiger partial charge < -0.3 is 10.1 Å². The molecule has 3 rings (SSSR count). The number of rotatable bonds is 4. The lowest BCUT2D eigenvalue weighted by Crippen LogP contribution is -2.52. The molecule has 0 spiro atoms. The van der Waals surface area contributed by atoms with Crippen LogP contribution in [0.5, 0.6) is 0 Å². The topological polar surface area (TPSA) is 24.5 Å². The molecule has 0 amide bonds. The highest BCUT2D eigenvalue weighted by molar-refractivity contribution is 5.02. The maximum Gasteiger partial charge on any atom is 0.0588 e. The molecule has 0 aromatic carbocycles. The molecule has 0 aromatic rings. The first-order chi connectivity index (χ1) is 9.17. The van der Waals surface area contributed by atoms with Crippen LogP contribution in [0, 0.1) is 5.92 Å². The van der Waals surface area contributed by atoms with Gasteiger partial charge in [-0.15, -0.1) is 0 Å². The first kappa shape index (κ1) is 13.8. The molecule has 2 saturated heterocycles. The van der Waals surface area contributed by atoms with E-state index in [0.717, 1.165) is 18.6 Å². The van der Waals surface area contributed by atoms with Crippen molar-refractivity contribution in [3.8, 4) is 0 Å². The van der Waals surface area contributed by atoms with Gasteiger partial charge in [0, 0.05) is 31.3 Å². The summed E-state index contributed by atoms with van der Waals surface area (Å²) in [6, 6.07) is 0.717. The summed E-state index contributed by atoms with van der Waals surface area (Å²) >= 11 is 0. The van der Waals surface area contributed by atoms with Gasteiger partial charge >= 0.3 is 0 Å². The Morgan fingerprint density at radius 1 is 1.26 bits per heavy atom. The molecule has 3 unspecified atom stereocenters. The molecule has 0 bridgehead atoms. The van der Waals surface area contributed by atoms with Crippen molar-refractivity contribution >= 4 is 0 Å². The van der Waals surface area contributed by atoms with E-state index in [1.807, 2.05) is 0 Å². The van der Waals surface area contributed by atoms with Crippen LogP contribution in [0.25, 0.3) is 0 Å². The maximum absolute atomic E-state index is 5.78. The number of ether oxygens (including phenoxy) is 1. The summed E-state index contributed by atoms with van der Waals surface area (Å²) in [5.74, 6) is 0.919. The molecule has 3 nitrogen and oxygen atoms in total. The zero-order valence-corrected chi connectivity index (χ0v) is 12.7. The molecule has 19 heavy (non-hydrogen) atoms. The van der Waals surface area contributed by atoms with Gasteiger partial charge in [0.05, 0.1) is 6.10 Å². The summed E-state index contributed by atoms with van der Waals surface area (Å²) in [6.07, 6.45) is 8.45. The van der Waals surface area contributed by atoms with E-state index in [0.29, 0.717) is 11.6 Å². The first-order valence-electron chi connectivity index (χ1n) is 8.28. The number of nitrogens with zero attached hydrogens (tertiary/aromatic N) is 1. The lowest BCUT2D eigenvalue weighted by Gasteiger charge is -2.36. The Hall–Kier alpha value is -0.120. The molecule has 2 heterocycles. The van der Waals surface area contributed by atoms with Crippen LogP contribution in [0.1, 0.15) is 52.4 Å². The molecule has 2 aliphatic heterocycles. The third-order valence-electron chi connectivity index (χ3n) is 5.49. The van der Waals surface area contributed by atoms with Crippen LogP contribution in [0.15, 0.2) is 0 Å². The van der Waals surface area contributed by atoms with Crippen molar-refractivity contribution in [2.24, 2.45) is 5.92 Å². The minimum atomic E-state index is 0.362. The minimum absolute atomic E-state index is 0.362. The lowest BCUT2D eigenvalue weighted by atomic mass is 9.95. The summed E-state index contributed by atoms with van der Waals surface area (Å²) < 4.78 is 5.78. The van der Waals surface area contributed by atoms with E-state index in [1.54, 1.807) is 0 Å². The zero-order valence-electron chi connectivity index (χ0n) is 12.7. The van der Waals surface area contributed by atoms with Gasteiger partial charge in [0.1, 0.15) is 0 Å². The van der Waals surface area contributed by atoms with Crippen molar-refractivity contribution in [2.75, 3.05) is 26.2 Å². The van der Waals surface area contributed by atoms with Crippen LogP contribution in [-0.4, -0.2) is 48.8 Å². The Kier molecular flexibility index (Phi) is 4.16. The second-order valence-electron chi connectivity index (χ2n) is 7.15. The molecule has 3 atom stereocenters. The van der Waals surface area contributed by atoms with Crippen LogP contribution in [0.2, 0.25) is 0 Å². The molecule has 1 N–H and O–H groups in total. The van der Waals surface area contributed by atoms with Crippen molar-refractivity contribution in [2.45, 2.75) is 70.1 Å². The van der Waals surface area contributed by atoms with Crippen LogP contribution in [-0.2, 0) is 4.74 Å². The summed E-state index contributed by atoms with van der Waals surface area (Å²) in [5, 5.41) is 3.84. The SMILES string of the molecule is CC1CCNC(C)(C2CC2)CN1CCC1CCCO1. The Morgan fingerprint density at radius 2 is 2.11 bits per heavy atom. The number of nitrogens with one attached hydrogen (secondary N) is 1. The normalized spacial score (nSPS) is 41.4. The molecule has 110 valence electrons. The monoisotopic (exact) mass is 266 g/mol. The first-order valence-corrected chi connectivity index (χ1v) is 8.28. The standard InChI is InChI=1S/C16H30N2O/c1-13-7-9-17-16(2,14-5-6-14)12-18(13)10-8-15-4-3-11-19-15/h13-15,17H,3-12H2,1-2H3. The van der Waals surface area contributed by atoms with Gasteiger partial charge in [-0.1, -0.05) is 0 Å². The highest BCUT2D eigenvalue weighted by Gasteiger charge is 2.43. The molecule has 3 fully saturated rings. The van der Waals surface area contributed by atoms with Gasteiger partial charge in [-0.25, -0.2) is 0 Å². The van der Waals surface area contributed by atoms with Crippen molar-refractivity contribution in [1.29, 1.82) is 0 Å². The van der Waals surface area contributed by atoms with E-state index in [9.17, 15) is 0 Å². The lowest BCUT2D eigenvalue weighted by molar-refractivity contribution is 0.0799. The third kappa shape index (κ3) is 3.32. The quantitative estimate of drug-likeness (QED) is 0.845. The highest BCUT2D eigenvalue weighted by atomic mass is 16.5. The van der Waals surface area contributed by atoms with E-state index in [4.69, 9.17) is 4.74 Å². The van der Waals surface area contributed by atoms with Crippen molar-refractivity contribution in [3.63, 3.8) is 0 Å². The number of hydrogen-bond donors (Lipinski definition) is 1.